The fourth-order valence-electron chi connectivity index (χ4n) is 2.33. The first kappa shape index (κ1) is 19.8. The van der Waals surface area contributed by atoms with Crippen LogP contribution >= 0.6 is 0 Å². The predicted octanol–water partition coefficient (Wildman–Crippen LogP) is 3.69. The van der Waals surface area contributed by atoms with Crippen LogP contribution in [0.15, 0.2) is 24.4 Å². The number of amides is 1. The molecule has 0 aliphatic rings. The van der Waals surface area contributed by atoms with Crippen molar-refractivity contribution in [2.45, 2.75) is 51.9 Å². The molecule has 0 unspecified atom stereocenters. The molecule has 0 aliphatic carbocycles. The first-order chi connectivity index (χ1) is 11.9. The summed E-state index contributed by atoms with van der Waals surface area (Å²) in [6.07, 6.45) is 0.572. The van der Waals surface area contributed by atoms with E-state index >= 15 is 0 Å². The highest BCUT2D eigenvalue weighted by atomic mass is 19.1. The van der Waals surface area contributed by atoms with E-state index in [1.165, 1.54) is 20.0 Å². The Morgan fingerprint density at radius 2 is 1.92 bits per heavy atom. The maximum absolute atomic E-state index is 13.9. The number of nitrogens with zero attached hydrogens (tertiary/aromatic N) is 1. The highest BCUT2D eigenvalue weighted by Gasteiger charge is 2.34. The molecule has 1 amide bonds. The van der Waals surface area contributed by atoms with Crippen molar-refractivity contribution in [2.24, 2.45) is 0 Å². The van der Waals surface area contributed by atoms with Crippen molar-refractivity contribution in [3.05, 3.63) is 41.9 Å². The number of halogens is 2. The SMILES string of the molecule is CC(C)(C)OC(=O)N[C@@H](c1ncc(-c2cc(F)ccc2F)[nH]1)C(C)(C)O. The van der Waals surface area contributed by atoms with E-state index in [2.05, 4.69) is 15.3 Å². The molecule has 1 heterocycles. The van der Waals surface area contributed by atoms with Crippen LogP contribution in [0.3, 0.4) is 0 Å². The first-order valence-electron chi connectivity index (χ1n) is 8.09. The summed E-state index contributed by atoms with van der Waals surface area (Å²) in [5.41, 5.74) is -1.90. The number of ether oxygens (including phenoxy) is 1. The minimum Gasteiger partial charge on any atom is -0.444 e. The summed E-state index contributed by atoms with van der Waals surface area (Å²) >= 11 is 0. The summed E-state index contributed by atoms with van der Waals surface area (Å²) in [7, 11) is 0. The van der Waals surface area contributed by atoms with Crippen LogP contribution in [0.25, 0.3) is 11.3 Å². The number of hydrogen-bond acceptors (Lipinski definition) is 4. The van der Waals surface area contributed by atoms with Crippen LogP contribution in [0, 0.1) is 11.6 Å². The van der Waals surface area contributed by atoms with Crippen LogP contribution in [0.1, 0.15) is 46.5 Å². The van der Waals surface area contributed by atoms with E-state index in [1.54, 1.807) is 20.8 Å². The molecule has 0 spiro atoms. The molecule has 2 aromatic rings. The summed E-state index contributed by atoms with van der Waals surface area (Å²) < 4.78 is 32.5. The molecule has 8 heteroatoms. The smallest absolute Gasteiger partial charge is 0.408 e. The molecule has 0 radical (unpaired) electrons. The largest absolute Gasteiger partial charge is 0.444 e. The fourth-order valence-corrected chi connectivity index (χ4v) is 2.33. The van der Waals surface area contributed by atoms with Gasteiger partial charge in [0, 0.05) is 5.56 Å². The number of nitrogens with one attached hydrogen (secondary N) is 2. The van der Waals surface area contributed by atoms with E-state index < -0.39 is 35.0 Å². The molecule has 2 rings (SSSR count). The number of carbonyl (C=O) groups is 1. The van der Waals surface area contributed by atoms with E-state index in [4.69, 9.17) is 4.74 Å². The van der Waals surface area contributed by atoms with Crippen LogP contribution < -0.4 is 5.32 Å². The summed E-state index contributed by atoms with van der Waals surface area (Å²) in [5, 5.41) is 12.9. The average Bonchev–Trinajstić information content (AvgIpc) is 2.93. The average molecular weight is 367 g/mol. The van der Waals surface area contributed by atoms with Crippen molar-refractivity contribution < 1.29 is 23.4 Å². The van der Waals surface area contributed by atoms with Gasteiger partial charge in [0.05, 0.1) is 17.5 Å². The predicted molar refractivity (Wildman–Crippen MR) is 92.3 cm³/mol. The Kier molecular flexibility index (Phi) is 5.36. The van der Waals surface area contributed by atoms with Gasteiger partial charge in [0.25, 0.3) is 0 Å². The first-order valence-corrected chi connectivity index (χ1v) is 8.09. The molecule has 3 N–H and O–H groups in total. The molecule has 1 aromatic carbocycles. The molecule has 0 fully saturated rings. The number of aliphatic hydroxyl groups is 1. The van der Waals surface area contributed by atoms with Crippen molar-refractivity contribution in [2.75, 3.05) is 0 Å². The molecule has 26 heavy (non-hydrogen) atoms. The molecular formula is C18H23F2N3O3. The Bertz CT molecular complexity index is 792. The number of carbonyl (C=O) groups excluding carboxylic acids is 1. The monoisotopic (exact) mass is 367 g/mol. The van der Waals surface area contributed by atoms with Crippen molar-refractivity contribution in [3.63, 3.8) is 0 Å². The normalized spacial score (nSPS) is 13.4. The van der Waals surface area contributed by atoms with Crippen molar-refractivity contribution in [1.29, 1.82) is 0 Å². The van der Waals surface area contributed by atoms with Crippen LogP contribution in [0.5, 0.6) is 0 Å². The fraction of sp³-hybridized carbons (Fsp3) is 0.444. The number of aromatic nitrogens is 2. The lowest BCUT2D eigenvalue weighted by molar-refractivity contribution is 0.0144. The topological polar surface area (TPSA) is 87.2 Å². The van der Waals surface area contributed by atoms with Crippen molar-refractivity contribution >= 4 is 6.09 Å². The number of H-pyrrole nitrogens is 1. The number of benzene rings is 1. The number of alkyl carbamates (subject to hydrolysis) is 1. The Morgan fingerprint density at radius 3 is 2.50 bits per heavy atom. The highest BCUT2D eigenvalue weighted by molar-refractivity contribution is 5.68. The Balaban J connectivity index is 2.32. The van der Waals surface area contributed by atoms with Gasteiger partial charge < -0.3 is 20.1 Å². The molecule has 1 atom stereocenters. The number of rotatable bonds is 4. The van der Waals surface area contributed by atoms with Gasteiger partial charge in [0.1, 0.15) is 29.1 Å². The van der Waals surface area contributed by atoms with E-state index in [0.29, 0.717) is 0 Å². The van der Waals surface area contributed by atoms with Gasteiger partial charge in [-0.25, -0.2) is 18.6 Å². The summed E-state index contributed by atoms with van der Waals surface area (Å²) in [5.74, 6) is -1.04. The number of aromatic amines is 1. The third-order valence-electron chi connectivity index (χ3n) is 3.46. The zero-order valence-corrected chi connectivity index (χ0v) is 15.4. The molecule has 142 valence electrons. The maximum atomic E-state index is 13.9. The minimum absolute atomic E-state index is 0.00415. The zero-order chi connectivity index (χ0) is 19.7. The molecule has 0 bridgehead atoms. The molecule has 1 aromatic heterocycles. The second-order valence-corrected chi connectivity index (χ2v) is 7.54. The quantitative estimate of drug-likeness (QED) is 0.769. The van der Waals surface area contributed by atoms with Crippen molar-refractivity contribution in [1.82, 2.24) is 15.3 Å². The van der Waals surface area contributed by atoms with Gasteiger partial charge in [-0.15, -0.1) is 0 Å². The van der Waals surface area contributed by atoms with Gasteiger partial charge in [-0.3, -0.25) is 0 Å². The van der Waals surface area contributed by atoms with Gasteiger partial charge in [-0.05, 0) is 52.8 Å². The Hall–Kier alpha value is -2.48. The molecule has 0 aliphatic heterocycles. The number of hydrogen-bond donors (Lipinski definition) is 3. The van der Waals surface area contributed by atoms with Gasteiger partial charge >= 0.3 is 6.09 Å². The third-order valence-corrected chi connectivity index (χ3v) is 3.46. The van der Waals surface area contributed by atoms with Crippen LogP contribution in [-0.2, 0) is 4.74 Å². The highest BCUT2D eigenvalue weighted by Crippen LogP contribution is 2.28. The molecular weight excluding hydrogens is 344 g/mol. The molecule has 0 saturated heterocycles. The standard InChI is InChI=1S/C18H23F2N3O3/c1-17(2,3)26-16(24)23-14(18(4,5)25)15-21-9-13(22-15)11-8-10(19)6-7-12(11)20/h6-9,14,25H,1-5H3,(H,21,22)(H,23,24)/t14-/m0/s1. The van der Waals surface area contributed by atoms with E-state index in [0.717, 1.165) is 18.2 Å². The van der Waals surface area contributed by atoms with E-state index in [1.807, 2.05) is 0 Å². The zero-order valence-electron chi connectivity index (χ0n) is 15.4. The molecule has 6 nitrogen and oxygen atoms in total. The minimum atomic E-state index is -1.40. The van der Waals surface area contributed by atoms with E-state index in [-0.39, 0.29) is 17.1 Å². The van der Waals surface area contributed by atoms with Crippen LogP contribution in [0.4, 0.5) is 13.6 Å². The van der Waals surface area contributed by atoms with Gasteiger partial charge in [-0.1, -0.05) is 0 Å². The lowest BCUT2D eigenvalue weighted by Gasteiger charge is -2.30. The summed E-state index contributed by atoms with van der Waals surface area (Å²) in [6.45, 7) is 8.11. The molecule has 0 saturated carbocycles. The van der Waals surface area contributed by atoms with Gasteiger partial charge in [-0.2, -0.15) is 0 Å². The Morgan fingerprint density at radius 1 is 1.27 bits per heavy atom. The number of imidazole rings is 1. The summed E-state index contributed by atoms with van der Waals surface area (Å²) in [4.78, 5) is 19.0. The van der Waals surface area contributed by atoms with Gasteiger partial charge in [0.15, 0.2) is 0 Å². The van der Waals surface area contributed by atoms with E-state index in [9.17, 15) is 18.7 Å². The van der Waals surface area contributed by atoms with Gasteiger partial charge in [0.2, 0.25) is 0 Å². The van der Waals surface area contributed by atoms with Crippen molar-refractivity contribution in [3.8, 4) is 11.3 Å². The Labute approximate surface area is 150 Å². The van der Waals surface area contributed by atoms with Crippen LogP contribution in [-0.4, -0.2) is 32.4 Å². The second kappa shape index (κ2) is 7.03. The third kappa shape index (κ3) is 5.01. The maximum Gasteiger partial charge on any atom is 0.408 e. The van der Waals surface area contributed by atoms with Crippen LogP contribution in [0.2, 0.25) is 0 Å². The lowest BCUT2D eigenvalue weighted by Crippen LogP contribution is -2.44. The second-order valence-electron chi connectivity index (χ2n) is 7.54. The summed E-state index contributed by atoms with van der Waals surface area (Å²) in [6, 6.07) is 2.10. The lowest BCUT2D eigenvalue weighted by atomic mass is 9.98.